The largest absolute Gasteiger partial charge is 0.493 e. The number of methoxy groups -OCH3 is 3. The highest BCUT2D eigenvalue weighted by atomic mass is 16.5. The number of hydrogen-bond acceptors (Lipinski definition) is 5. The molecule has 6 heteroatoms. The first-order valence-electron chi connectivity index (χ1n) is 8.44. The number of carbonyl (C=O) groups excluding carboxylic acids is 1. The number of ether oxygens (including phenoxy) is 3. The molecule has 1 saturated carbocycles. The summed E-state index contributed by atoms with van der Waals surface area (Å²) in [5.74, 6) is 1.96. The molecule has 0 radical (unpaired) electrons. The Labute approximate surface area is 143 Å². The second-order valence-corrected chi connectivity index (χ2v) is 6.21. The van der Waals surface area contributed by atoms with Gasteiger partial charge in [-0.05, 0) is 25.2 Å². The van der Waals surface area contributed by atoms with Crippen LogP contribution in [0, 0.1) is 5.92 Å². The van der Waals surface area contributed by atoms with Crippen molar-refractivity contribution in [3.63, 3.8) is 0 Å². The van der Waals surface area contributed by atoms with Gasteiger partial charge in [0.1, 0.15) is 0 Å². The minimum absolute atomic E-state index is 0.0259. The first-order chi connectivity index (χ1) is 11.6. The maximum absolute atomic E-state index is 12.3. The third-order valence-electron chi connectivity index (χ3n) is 4.66. The summed E-state index contributed by atoms with van der Waals surface area (Å²) in [6.07, 6.45) is 5.91. The topological polar surface area (TPSA) is 82.8 Å². The molecule has 0 heterocycles. The fourth-order valence-corrected chi connectivity index (χ4v) is 3.29. The highest BCUT2D eigenvalue weighted by Gasteiger charge is 2.22. The van der Waals surface area contributed by atoms with Gasteiger partial charge in [0.15, 0.2) is 11.5 Å². The monoisotopic (exact) mass is 336 g/mol. The van der Waals surface area contributed by atoms with Crippen LogP contribution in [0.15, 0.2) is 12.1 Å². The Bertz CT molecular complexity index is 537. The van der Waals surface area contributed by atoms with Gasteiger partial charge in [0.2, 0.25) is 11.7 Å². The summed E-state index contributed by atoms with van der Waals surface area (Å²) >= 11 is 0. The van der Waals surface area contributed by atoms with E-state index in [4.69, 9.17) is 19.9 Å². The highest BCUT2D eigenvalue weighted by molar-refractivity contribution is 5.91. The van der Waals surface area contributed by atoms with E-state index in [1.165, 1.54) is 12.8 Å². The van der Waals surface area contributed by atoms with Crippen molar-refractivity contribution >= 4 is 11.6 Å². The van der Waals surface area contributed by atoms with Gasteiger partial charge in [-0.1, -0.05) is 12.8 Å². The molecule has 0 aliphatic heterocycles. The number of benzene rings is 1. The molecule has 3 N–H and O–H groups in total. The molecule has 24 heavy (non-hydrogen) atoms. The molecule has 2 atom stereocenters. The predicted octanol–water partition coefficient (Wildman–Crippen LogP) is 2.95. The van der Waals surface area contributed by atoms with Gasteiger partial charge in [-0.15, -0.1) is 0 Å². The van der Waals surface area contributed by atoms with Gasteiger partial charge in [-0.25, -0.2) is 0 Å². The molecule has 6 nitrogen and oxygen atoms in total. The minimum Gasteiger partial charge on any atom is -0.493 e. The van der Waals surface area contributed by atoms with E-state index < -0.39 is 0 Å². The van der Waals surface area contributed by atoms with E-state index >= 15 is 0 Å². The lowest BCUT2D eigenvalue weighted by Gasteiger charge is -2.28. The van der Waals surface area contributed by atoms with Gasteiger partial charge in [0, 0.05) is 30.3 Å². The summed E-state index contributed by atoms with van der Waals surface area (Å²) < 4.78 is 15.9. The number of carbonyl (C=O) groups is 1. The SMILES string of the molecule is COc1cc(NC(=O)CC[C@@H]2CCCC[C@H]2N)cc(OC)c1OC. The van der Waals surface area contributed by atoms with Crippen LogP contribution in [0.25, 0.3) is 0 Å². The average molecular weight is 336 g/mol. The summed E-state index contributed by atoms with van der Waals surface area (Å²) in [5, 5.41) is 2.90. The minimum atomic E-state index is -0.0259. The maximum Gasteiger partial charge on any atom is 0.224 e. The summed E-state index contributed by atoms with van der Waals surface area (Å²) in [5.41, 5.74) is 6.77. The van der Waals surface area contributed by atoms with E-state index in [1.54, 1.807) is 33.5 Å². The first-order valence-corrected chi connectivity index (χ1v) is 8.44. The second kappa shape index (κ2) is 8.78. The Balaban J connectivity index is 1.98. The van der Waals surface area contributed by atoms with Crippen LogP contribution in [-0.2, 0) is 4.79 Å². The van der Waals surface area contributed by atoms with E-state index in [9.17, 15) is 4.79 Å². The van der Waals surface area contributed by atoms with E-state index in [-0.39, 0.29) is 11.9 Å². The molecular formula is C18H28N2O4. The zero-order chi connectivity index (χ0) is 17.5. The number of hydrogen-bond donors (Lipinski definition) is 2. The lowest BCUT2D eigenvalue weighted by molar-refractivity contribution is -0.116. The van der Waals surface area contributed by atoms with Crippen molar-refractivity contribution in [2.75, 3.05) is 26.6 Å². The van der Waals surface area contributed by atoms with Gasteiger partial charge in [-0.2, -0.15) is 0 Å². The Hall–Kier alpha value is -1.95. The number of amides is 1. The van der Waals surface area contributed by atoms with Gasteiger partial charge in [-0.3, -0.25) is 4.79 Å². The predicted molar refractivity (Wildman–Crippen MR) is 93.9 cm³/mol. The molecule has 0 saturated heterocycles. The number of rotatable bonds is 7. The zero-order valence-electron chi connectivity index (χ0n) is 14.8. The third-order valence-corrected chi connectivity index (χ3v) is 4.66. The quantitative estimate of drug-likeness (QED) is 0.800. The zero-order valence-corrected chi connectivity index (χ0v) is 14.8. The van der Waals surface area contributed by atoms with Gasteiger partial charge < -0.3 is 25.3 Å². The smallest absolute Gasteiger partial charge is 0.224 e. The van der Waals surface area contributed by atoms with Gasteiger partial charge in [0.25, 0.3) is 0 Å². The van der Waals surface area contributed by atoms with E-state index in [0.29, 0.717) is 35.3 Å². The summed E-state index contributed by atoms with van der Waals surface area (Å²) in [6, 6.07) is 3.68. The molecule has 1 aliphatic rings. The molecule has 0 unspecified atom stereocenters. The molecule has 0 aromatic heterocycles. The van der Waals surface area contributed by atoms with E-state index in [2.05, 4.69) is 5.32 Å². The van der Waals surface area contributed by atoms with Crippen LogP contribution in [-0.4, -0.2) is 33.3 Å². The van der Waals surface area contributed by atoms with Gasteiger partial charge >= 0.3 is 0 Å². The molecule has 1 amide bonds. The summed E-state index contributed by atoms with van der Waals surface area (Å²) in [6.45, 7) is 0. The van der Waals surface area contributed by atoms with Crippen LogP contribution in [0.4, 0.5) is 5.69 Å². The fourth-order valence-electron chi connectivity index (χ4n) is 3.29. The van der Waals surface area contributed by atoms with Crippen LogP contribution >= 0.6 is 0 Å². The lowest BCUT2D eigenvalue weighted by Crippen LogP contribution is -2.33. The number of nitrogens with one attached hydrogen (secondary N) is 1. The van der Waals surface area contributed by atoms with Crippen molar-refractivity contribution in [3.8, 4) is 17.2 Å². The molecule has 0 spiro atoms. The van der Waals surface area contributed by atoms with Crippen molar-refractivity contribution in [1.82, 2.24) is 0 Å². The third kappa shape index (κ3) is 4.54. The standard InChI is InChI=1S/C18H28N2O4/c1-22-15-10-13(11-16(23-2)18(15)24-3)20-17(21)9-8-12-6-4-5-7-14(12)19/h10-12,14H,4-9,19H2,1-3H3,(H,20,21)/t12-,14+/m0/s1. The Morgan fingerprint density at radius 3 is 2.29 bits per heavy atom. The van der Waals surface area contributed by atoms with Crippen molar-refractivity contribution < 1.29 is 19.0 Å². The number of nitrogens with two attached hydrogens (primary N) is 1. The molecule has 134 valence electrons. The van der Waals surface area contributed by atoms with Gasteiger partial charge in [0.05, 0.1) is 21.3 Å². The first kappa shape index (κ1) is 18.4. The van der Waals surface area contributed by atoms with Crippen molar-refractivity contribution in [3.05, 3.63) is 12.1 Å². The van der Waals surface area contributed by atoms with E-state index in [0.717, 1.165) is 19.3 Å². The molecule has 1 aromatic carbocycles. The molecule has 1 fully saturated rings. The van der Waals surface area contributed by atoms with Crippen LogP contribution in [0.1, 0.15) is 38.5 Å². The maximum atomic E-state index is 12.3. The summed E-state index contributed by atoms with van der Waals surface area (Å²) in [4.78, 5) is 12.3. The van der Waals surface area contributed by atoms with Crippen LogP contribution in [0.5, 0.6) is 17.2 Å². The Morgan fingerprint density at radius 2 is 1.75 bits per heavy atom. The molecule has 0 bridgehead atoms. The highest BCUT2D eigenvalue weighted by Crippen LogP contribution is 2.40. The number of anilines is 1. The molecule has 2 rings (SSSR count). The molecular weight excluding hydrogens is 308 g/mol. The van der Waals surface area contributed by atoms with E-state index in [1.807, 2.05) is 0 Å². The van der Waals surface area contributed by atoms with Crippen LogP contribution in [0.2, 0.25) is 0 Å². The van der Waals surface area contributed by atoms with Crippen LogP contribution in [0.3, 0.4) is 0 Å². The van der Waals surface area contributed by atoms with Crippen LogP contribution < -0.4 is 25.3 Å². The second-order valence-electron chi connectivity index (χ2n) is 6.21. The fraction of sp³-hybridized carbons (Fsp3) is 0.611. The lowest BCUT2D eigenvalue weighted by atomic mass is 9.82. The Kier molecular flexibility index (Phi) is 6.73. The van der Waals surface area contributed by atoms with Crippen molar-refractivity contribution in [2.45, 2.75) is 44.6 Å². The van der Waals surface area contributed by atoms with Crippen molar-refractivity contribution in [2.24, 2.45) is 11.7 Å². The van der Waals surface area contributed by atoms with Crippen molar-refractivity contribution in [1.29, 1.82) is 0 Å². The normalized spacial score (nSPS) is 20.3. The summed E-state index contributed by atoms with van der Waals surface area (Å²) in [7, 11) is 4.65. The average Bonchev–Trinajstić information content (AvgIpc) is 2.60. The molecule has 1 aromatic rings. The Morgan fingerprint density at radius 1 is 1.12 bits per heavy atom. The molecule has 1 aliphatic carbocycles.